The van der Waals surface area contributed by atoms with Gasteiger partial charge in [0, 0.05) is 17.7 Å². The predicted octanol–water partition coefficient (Wildman–Crippen LogP) is 3.65. The third-order valence-electron chi connectivity index (χ3n) is 2.90. The van der Waals surface area contributed by atoms with E-state index in [1.165, 1.54) is 11.3 Å². The number of nitrogens with one attached hydrogen (secondary N) is 1. The van der Waals surface area contributed by atoms with E-state index in [1.54, 1.807) is 0 Å². The van der Waals surface area contributed by atoms with E-state index in [-0.39, 0.29) is 0 Å². The molecule has 0 saturated carbocycles. The summed E-state index contributed by atoms with van der Waals surface area (Å²) in [4.78, 5) is 7.85. The average molecular weight is 244 g/mol. The monoisotopic (exact) mass is 244 g/mol. The van der Waals surface area contributed by atoms with Gasteiger partial charge >= 0.3 is 0 Å². The number of nitrogens with zero attached hydrogens (tertiary/aromatic N) is 1. The highest BCUT2D eigenvalue weighted by atomic mass is 16.5. The van der Waals surface area contributed by atoms with E-state index in [0.717, 1.165) is 29.3 Å². The number of aromatic amines is 1. The molecule has 3 heteroatoms. The fourth-order valence-electron chi connectivity index (χ4n) is 2.15. The van der Waals surface area contributed by atoms with Crippen LogP contribution in [0.1, 0.15) is 30.9 Å². The van der Waals surface area contributed by atoms with Crippen molar-refractivity contribution in [2.24, 2.45) is 0 Å². The smallest absolute Gasteiger partial charge is 0.129 e. The Hall–Kier alpha value is -1.77. The average Bonchev–Trinajstić information content (AvgIpc) is 2.65. The number of ether oxygens (including phenoxy) is 1. The molecule has 2 heterocycles. The Morgan fingerprint density at radius 2 is 2.00 bits per heavy atom. The molecule has 1 N–H and O–H groups in total. The molecule has 1 aliphatic heterocycles. The summed E-state index contributed by atoms with van der Waals surface area (Å²) < 4.78 is 5.75. The Balaban J connectivity index is 0.000000574. The number of fused-ring (bicyclic) bond motifs is 3. The van der Waals surface area contributed by atoms with Crippen molar-refractivity contribution < 1.29 is 4.74 Å². The SMILES string of the molecule is CC.Cc1ccc2c(c1)OCCc1[nH]c(C)nc1-2. The van der Waals surface area contributed by atoms with Gasteiger partial charge in [-0.25, -0.2) is 4.98 Å². The van der Waals surface area contributed by atoms with Gasteiger partial charge in [0.25, 0.3) is 0 Å². The maximum atomic E-state index is 5.75. The summed E-state index contributed by atoms with van der Waals surface area (Å²) in [7, 11) is 0. The number of rotatable bonds is 0. The lowest BCUT2D eigenvalue weighted by atomic mass is 10.1. The summed E-state index contributed by atoms with van der Waals surface area (Å²) in [5.74, 6) is 1.92. The van der Waals surface area contributed by atoms with Crippen LogP contribution < -0.4 is 4.74 Å². The van der Waals surface area contributed by atoms with Gasteiger partial charge in [0.05, 0.1) is 12.3 Å². The number of hydrogen-bond acceptors (Lipinski definition) is 2. The van der Waals surface area contributed by atoms with Crippen molar-refractivity contribution in [3.63, 3.8) is 0 Å². The van der Waals surface area contributed by atoms with Crippen LogP contribution in [0.4, 0.5) is 0 Å². The van der Waals surface area contributed by atoms with Crippen molar-refractivity contribution >= 4 is 0 Å². The first-order chi connectivity index (χ1) is 8.74. The number of hydrogen-bond donors (Lipinski definition) is 1. The zero-order valence-electron chi connectivity index (χ0n) is 11.5. The zero-order valence-corrected chi connectivity index (χ0v) is 11.5. The summed E-state index contributed by atoms with van der Waals surface area (Å²) in [5, 5.41) is 0. The van der Waals surface area contributed by atoms with E-state index in [9.17, 15) is 0 Å². The van der Waals surface area contributed by atoms with Crippen molar-refractivity contribution in [1.29, 1.82) is 0 Å². The Morgan fingerprint density at radius 3 is 2.78 bits per heavy atom. The molecule has 0 unspecified atom stereocenters. The molecule has 3 nitrogen and oxygen atoms in total. The van der Waals surface area contributed by atoms with Gasteiger partial charge in [-0.1, -0.05) is 19.9 Å². The fourth-order valence-corrected chi connectivity index (χ4v) is 2.15. The molecular formula is C15H20N2O. The molecule has 0 bridgehead atoms. The highest BCUT2D eigenvalue weighted by molar-refractivity contribution is 5.70. The Kier molecular flexibility index (Phi) is 3.70. The zero-order chi connectivity index (χ0) is 13.1. The Bertz CT molecular complexity index is 543. The van der Waals surface area contributed by atoms with Crippen molar-refractivity contribution in [2.75, 3.05) is 6.61 Å². The maximum Gasteiger partial charge on any atom is 0.129 e. The number of aromatic nitrogens is 2. The second-order valence-corrected chi connectivity index (χ2v) is 4.25. The van der Waals surface area contributed by atoms with Gasteiger partial charge in [0.1, 0.15) is 11.6 Å². The highest BCUT2D eigenvalue weighted by Crippen LogP contribution is 2.34. The van der Waals surface area contributed by atoms with E-state index < -0.39 is 0 Å². The minimum Gasteiger partial charge on any atom is -0.492 e. The van der Waals surface area contributed by atoms with Crippen LogP contribution >= 0.6 is 0 Å². The summed E-state index contributed by atoms with van der Waals surface area (Å²) in [6, 6.07) is 6.27. The van der Waals surface area contributed by atoms with Crippen molar-refractivity contribution in [3.8, 4) is 17.0 Å². The van der Waals surface area contributed by atoms with Crippen LogP contribution in [0.15, 0.2) is 18.2 Å². The second kappa shape index (κ2) is 5.25. The molecule has 0 fully saturated rings. The lowest BCUT2D eigenvalue weighted by Gasteiger charge is -2.07. The molecule has 2 aromatic rings. The minimum atomic E-state index is 0.713. The van der Waals surface area contributed by atoms with Gasteiger partial charge in [-0.15, -0.1) is 0 Å². The number of H-pyrrole nitrogens is 1. The van der Waals surface area contributed by atoms with Crippen LogP contribution in [0, 0.1) is 13.8 Å². The highest BCUT2D eigenvalue weighted by Gasteiger charge is 2.18. The van der Waals surface area contributed by atoms with E-state index >= 15 is 0 Å². The molecule has 1 aliphatic rings. The van der Waals surface area contributed by atoms with Crippen LogP contribution in [0.3, 0.4) is 0 Å². The molecular weight excluding hydrogens is 224 g/mol. The van der Waals surface area contributed by atoms with Crippen molar-refractivity contribution in [2.45, 2.75) is 34.1 Å². The second-order valence-electron chi connectivity index (χ2n) is 4.25. The van der Waals surface area contributed by atoms with Gasteiger partial charge in [-0.05, 0) is 31.5 Å². The normalized spacial score (nSPS) is 12.4. The first-order valence-electron chi connectivity index (χ1n) is 6.53. The van der Waals surface area contributed by atoms with Gasteiger partial charge in [0.15, 0.2) is 0 Å². The molecule has 0 amide bonds. The van der Waals surface area contributed by atoms with E-state index in [4.69, 9.17) is 4.74 Å². The van der Waals surface area contributed by atoms with Gasteiger partial charge < -0.3 is 9.72 Å². The van der Waals surface area contributed by atoms with Gasteiger partial charge in [-0.2, -0.15) is 0 Å². The standard InChI is InChI=1S/C13H14N2O.C2H6/c1-8-3-4-10-12(7-8)16-6-5-11-13(10)15-9(2)14-11;1-2/h3-4,7H,5-6H2,1-2H3,(H,14,15);1-2H3. The molecule has 1 aromatic carbocycles. The van der Waals surface area contributed by atoms with Crippen LogP contribution in [0.5, 0.6) is 5.75 Å². The number of benzene rings is 1. The molecule has 0 aliphatic carbocycles. The lowest BCUT2D eigenvalue weighted by molar-refractivity contribution is 0.325. The van der Waals surface area contributed by atoms with Gasteiger partial charge in [-0.3, -0.25) is 0 Å². The molecule has 1 aromatic heterocycles. The molecule has 3 rings (SSSR count). The topological polar surface area (TPSA) is 37.9 Å². The Labute approximate surface area is 108 Å². The quantitative estimate of drug-likeness (QED) is 0.768. The van der Waals surface area contributed by atoms with Crippen LogP contribution in [-0.2, 0) is 6.42 Å². The third kappa shape index (κ3) is 2.26. The van der Waals surface area contributed by atoms with Crippen LogP contribution in [-0.4, -0.2) is 16.6 Å². The van der Waals surface area contributed by atoms with Crippen LogP contribution in [0.2, 0.25) is 0 Å². The third-order valence-corrected chi connectivity index (χ3v) is 2.90. The molecule has 0 saturated heterocycles. The summed E-state index contributed by atoms with van der Waals surface area (Å²) in [5.41, 5.74) is 4.54. The Morgan fingerprint density at radius 1 is 1.22 bits per heavy atom. The predicted molar refractivity (Wildman–Crippen MR) is 74.0 cm³/mol. The summed E-state index contributed by atoms with van der Waals surface area (Å²) in [6.07, 6.45) is 0.893. The van der Waals surface area contributed by atoms with Gasteiger partial charge in [0.2, 0.25) is 0 Å². The van der Waals surface area contributed by atoms with Crippen molar-refractivity contribution in [1.82, 2.24) is 9.97 Å². The molecule has 0 atom stereocenters. The molecule has 18 heavy (non-hydrogen) atoms. The molecule has 96 valence electrons. The fraction of sp³-hybridized carbons (Fsp3) is 0.400. The maximum absolute atomic E-state index is 5.75. The number of imidazole rings is 1. The molecule has 0 radical (unpaired) electrons. The largest absolute Gasteiger partial charge is 0.492 e. The van der Waals surface area contributed by atoms with E-state index in [1.807, 2.05) is 20.8 Å². The first-order valence-corrected chi connectivity index (χ1v) is 6.53. The summed E-state index contributed by atoms with van der Waals surface area (Å²) >= 11 is 0. The van der Waals surface area contributed by atoms with Crippen LogP contribution in [0.25, 0.3) is 11.3 Å². The lowest BCUT2D eigenvalue weighted by Crippen LogP contribution is -1.99. The van der Waals surface area contributed by atoms with E-state index in [2.05, 4.69) is 35.1 Å². The summed E-state index contributed by atoms with van der Waals surface area (Å²) in [6.45, 7) is 8.78. The number of aryl methyl sites for hydroxylation is 2. The minimum absolute atomic E-state index is 0.713. The van der Waals surface area contributed by atoms with E-state index in [0.29, 0.717) is 6.61 Å². The van der Waals surface area contributed by atoms with Crippen molar-refractivity contribution in [3.05, 3.63) is 35.3 Å². The first kappa shape index (κ1) is 12.7. The molecule has 0 spiro atoms.